The van der Waals surface area contributed by atoms with Gasteiger partial charge >= 0.3 is 0 Å². The van der Waals surface area contributed by atoms with E-state index in [1.54, 1.807) is 7.11 Å². The molecular formula is C16H17NO3S. The molecule has 2 rings (SSSR count). The predicted octanol–water partition coefficient (Wildman–Crippen LogP) is 2.79. The topological polar surface area (TPSA) is 53.7 Å². The van der Waals surface area contributed by atoms with E-state index >= 15 is 0 Å². The molecule has 5 heteroatoms. The molecule has 0 aromatic heterocycles. The zero-order valence-electron chi connectivity index (χ0n) is 11.7. The summed E-state index contributed by atoms with van der Waals surface area (Å²) in [7, 11) is 1.61. The van der Waals surface area contributed by atoms with Crippen molar-refractivity contribution in [3.05, 3.63) is 54.1 Å². The fraction of sp³-hybridized carbons (Fsp3) is 0.188. The molecule has 0 saturated heterocycles. The van der Waals surface area contributed by atoms with Crippen molar-refractivity contribution in [3.63, 3.8) is 0 Å². The van der Waals surface area contributed by atoms with E-state index in [1.165, 1.54) is 0 Å². The monoisotopic (exact) mass is 303 g/mol. The van der Waals surface area contributed by atoms with Crippen molar-refractivity contribution in [3.8, 4) is 17.2 Å². The molecule has 0 amide bonds. The van der Waals surface area contributed by atoms with E-state index in [4.69, 9.17) is 32.2 Å². The normalized spacial score (nSPS) is 9.95. The second kappa shape index (κ2) is 7.50. The first-order valence-electron chi connectivity index (χ1n) is 6.49. The van der Waals surface area contributed by atoms with Crippen LogP contribution in [0.4, 0.5) is 0 Å². The van der Waals surface area contributed by atoms with Crippen molar-refractivity contribution in [2.75, 3.05) is 20.3 Å². The van der Waals surface area contributed by atoms with Crippen LogP contribution in [0.2, 0.25) is 0 Å². The number of benzene rings is 2. The quantitative estimate of drug-likeness (QED) is 0.629. The summed E-state index contributed by atoms with van der Waals surface area (Å²) in [4.78, 5) is 0.353. The van der Waals surface area contributed by atoms with Crippen molar-refractivity contribution < 1.29 is 14.2 Å². The van der Waals surface area contributed by atoms with Gasteiger partial charge in [0.25, 0.3) is 0 Å². The Morgan fingerprint density at radius 2 is 1.71 bits per heavy atom. The summed E-state index contributed by atoms with van der Waals surface area (Å²) in [5.41, 5.74) is 6.37. The number of para-hydroxylation sites is 2. The lowest BCUT2D eigenvalue weighted by molar-refractivity contribution is 0.211. The maximum absolute atomic E-state index is 5.63. The summed E-state index contributed by atoms with van der Waals surface area (Å²) >= 11 is 4.93. The van der Waals surface area contributed by atoms with Gasteiger partial charge in [-0.05, 0) is 24.3 Å². The molecule has 0 aliphatic rings. The van der Waals surface area contributed by atoms with Crippen molar-refractivity contribution in [2.45, 2.75) is 0 Å². The second-order valence-corrected chi connectivity index (χ2v) is 4.68. The van der Waals surface area contributed by atoms with Crippen LogP contribution < -0.4 is 19.9 Å². The molecule has 110 valence electrons. The molecule has 4 nitrogen and oxygen atoms in total. The van der Waals surface area contributed by atoms with E-state index in [0.29, 0.717) is 35.5 Å². The van der Waals surface area contributed by atoms with Gasteiger partial charge < -0.3 is 19.9 Å². The molecule has 0 spiro atoms. The van der Waals surface area contributed by atoms with Gasteiger partial charge in [0, 0.05) is 5.56 Å². The van der Waals surface area contributed by atoms with E-state index < -0.39 is 0 Å². The summed E-state index contributed by atoms with van der Waals surface area (Å²) in [5, 5.41) is 0. The Bertz CT molecular complexity index is 616. The van der Waals surface area contributed by atoms with E-state index in [9.17, 15) is 0 Å². The van der Waals surface area contributed by atoms with Crippen molar-refractivity contribution in [2.24, 2.45) is 5.73 Å². The molecule has 0 aliphatic heterocycles. The van der Waals surface area contributed by atoms with Gasteiger partial charge in [-0.2, -0.15) is 0 Å². The van der Waals surface area contributed by atoms with E-state index in [-0.39, 0.29) is 0 Å². The molecule has 2 aromatic carbocycles. The van der Waals surface area contributed by atoms with Crippen molar-refractivity contribution >= 4 is 17.2 Å². The molecule has 0 bridgehead atoms. The van der Waals surface area contributed by atoms with E-state index in [2.05, 4.69) is 0 Å². The largest absolute Gasteiger partial charge is 0.493 e. The second-order valence-electron chi connectivity index (χ2n) is 4.24. The molecule has 0 heterocycles. The summed E-state index contributed by atoms with van der Waals surface area (Å²) in [6.07, 6.45) is 0. The number of hydrogen-bond acceptors (Lipinski definition) is 4. The minimum absolute atomic E-state index is 0.353. The van der Waals surface area contributed by atoms with Crippen LogP contribution >= 0.6 is 12.2 Å². The number of methoxy groups -OCH3 is 1. The lowest BCUT2D eigenvalue weighted by Crippen LogP contribution is -2.11. The van der Waals surface area contributed by atoms with Crippen molar-refractivity contribution in [1.29, 1.82) is 0 Å². The van der Waals surface area contributed by atoms with Gasteiger partial charge in [0.15, 0.2) is 11.5 Å². The average Bonchev–Trinajstić information content (AvgIpc) is 2.52. The standard InChI is InChI=1S/C16H17NO3S/c1-18-14-7-2-3-8-15(14)20-10-9-19-13-6-4-5-12(11-13)16(17)21/h2-8,11H,9-10H2,1H3,(H2,17,21). The summed E-state index contributed by atoms with van der Waals surface area (Å²) in [6.45, 7) is 0.830. The third-order valence-corrected chi connectivity index (χ3v) is 3.03. The first-order chi connectivity index (χ1) is 10.2. The van der Waals surface area contributed by atoms with Crippen LogP contribution in [-0.4, -0.2) is 25.3 Å². The number of ether oxygens (including phenoxy) is 3. The van der Waals surface area contributed by atoms with Gasteiger partial charge in [-0.3, -0.25) is 0 Å². The molecular weight excluding hydrogens is 286 g/mol. The Labute approximate surface area is 129 Å². The van der Waals surface area contributed by atoms with Crippen LogP contribution in [0.5, 0.6) is 17.2 Å². The highest BCUT2D eigenvalue weighted by Gasteiger charge is 2.03. The number of hydrogen-bond donors (Lipinski definition) is 1. The van der Waals surface area contributed by atoms with Crippen molar-refractivity contribution in [1.82, 2.24) is 0 Å². The van der Waals surface area contributed by atoms with Gasteiger partial charge in [0.05, 0.1) is 7.11 Å². The Hall–Kier alpha value is -2.27. The fourth-order valence-corrected chi connectivity index (χ4v) is 1.92. The average molecular weight is 303 g/mol. The Morgan fingerprint density at radius 3 is 2.43 bits per heavy atom. The first-order valence-corrected chi connectivity index (χ1v) is 6.90. The Balaban J connectivity index is 1.85. The van der Waals surface area contributed by atoms with E-state index in [0.717, 1.165) is 5.56 Å². The number of nitrogens with two attached hydrogens (primary N) is 1. The molecule has 0 radical (unpaired) electrons. The molecule has 2 N–H and O–H groups in total. The van der Waals surface area contributed by atoms with Crippen LogP contribution in [0.3, 0.4) is 0 Å². The summed E-state index contributed by atoms with van der Waals surface area (Å²) in [6, 6.07) is 14.9. The van der Waals surface area contributed by atoms with Crippen LogP contribution in [-0.2, 0) is 0 Å². The highest BCUT2D eigenvalue weighted by atomic mass is 32.1. The first kappa shape index (κ1) is 15.1. The maximum atomic E-state index is 5.63. The van der Waals surface area contributed by atoms with E-state index in [1.807, 2.05) is 48.5 Å². The van der Waals surface area contributed by atoms with Gasteiger partial charge in [0.1, 0.15) is 24.0 Å². The third-order valence-electron chi connectivity index (χ3n) is 2.80. The van der Waals surface area contributed by atoms with Crippen LogP contribution in [0, 0.1) is 0 Å². The molecule has 21 heavy (non-hydrogen) atoms. The van der Waals surface area contributed by atoms with Crippen LogP contribution in [0.15, 0.2) is 48.5 Å². The molecule has 2 aromatic rings. The minimum atomic E-state index is 0.353. The molecule has 0 fully saturated rings. The smallest absolute Gasteiger partial charge is 0.161 e. The zero-order valence-corrected chi connectivity index (χ0v) is 12.6. The SMILES string of the molecule is COc1ccccc1OCCOc1cccc(C(N)=S)c1. The number of thiocarbonyl (C=S) groups is 1. The molecule has 0 saturated carbocycles. The predicted molar refractivity (Wildman–Crippen MR) is 86.3 cm³/mol. The summed E-state index contributed by atoms with van der Waals surface area (Å²) < 4.78 is 16.4. The highest BCUT2D eigenvalue weighted by molar-refractivity contribution is 7.80. The lowest BCUT2D eigenvalue weighted by Gasteiger charge is -2.11. The number of rotatable bonds is 7. The Morgan fingerprint density at radius 1 is 1.00 bits per heavy atom. The maximum Gasteiger partial charge on any atom is 0.161 e. The minimum Gasteiger partial charge on any atom is -0.493 e. The zero-order chi connectivity index (χ0) is 15.1. The summed E-state index contributed by atoms with van der Waals surface area (Å²) in [5.74, 6) is 2.11. The van der Waals surface area contributed by atoms with Crippen LogP contribution in [0.1, 0.15) is 5.56 Å². The molecule has 0 atom stereocenters. The van der Waals surface area contributed by atoms with Gasteiger partial charge in [-0.25, -0.2) is 0 Å². The lowest BCUT2D eigenvalue weighted by atomic mass is 10.2. The third kappa shape index (κ3) is 4.36. The highest BCUT2D eigenvalue weighted by Crippen LogP contribution is 2.25. The van der Waals surface area contributed by atoms with Gasteiger partial charge in [-0.1, -0.05) is 36.5 Å². The van der Waals surface area contributed by atoms with Gasteiger partial charge in [-0.15, -0.1) is 0 Å². The van der Waals surface area contributed by atoms with Crippen LogP contribution in [0.25, 0.3) is 0 Å². The Kier molecular flexibility index (Phi) is 5.40. The molecule has 0 aliphatic carbocycles. The van der Waals surface area contributed by atoms with Gasteiger partial charge in [0.2, 0.25) is 0 Å². The molecule has 0 unspecified atom stereocenters. The fourth-order valence-electron chi connectivity index (χ4n) is 1.79.